The van der Waals surface area contributed by atoms with E-state index >= 15 is 4.79 Å². The molecule has 12 rings (SSSR count). The Bertz CT molecular complexity index is 3250. The number of aliphatic carboxylic acids is 1. The minimum absolute atomic E-state index is 0. The fourth-order valence-electron chi connectivity index (χ4n) is 20.4. The van der Waals surface area contributed by atoms with Crippen LogP contribution in [0.1, 0.15) is 114 Å². The number of aliphatic hydroxyl groups is 19. The van der Waals surface area contributed by atoms with Crippen LogP contribution in [0.15, 0.2) is 11.6 Å². The first-order valence-electron chi connectivity index (χ1n) is 37.7. The number of fused-ring (bicyclic) bond motifs is 7. The number of aldehydes is 1. The monoisotopic (exact) mass is 1600 g/mol. The Morgan fingerprint density at radius 1 is 0.532 bits per heavy atom. The van der Waals surface area contributed by atoms with Crippen LogP contribution in [0.5, 0.6) is 0 Å². The highest BCUT2D eigenvalue weighted by molar-refractivity contribution is 5.80. The van der Waals surface area contributed by atoms with Crippen LogP contribution in [0.2, 0.25) is 0 Å². The summed E-state index contributed by atoms with van der Waals surface area (Å²) in [4.78, 5) is 57.1. The first-order valence-corrected chi connectivity index (χ1v) is 37.7. The van der Waals surface area contributed by atoms with Gasteiger partial charge in [-0.1, -0.05) is 60.6 Å². The molecule has 18 unspecified atom stereocenters. The van der Waals surface area contributed by atoms with Gasteiger partial charge in [-0.3, -0.25) is 9.59 Å². The smallest absolute Gasteiger partial charge is 0.335 e. The average Bonchev–Trinajstić information content (AvgIpc) is 0.921. The molecule has 111 heavy (non-hydrogen) atoms. The van der Waals surface area contributed by atoms with E-state index < -0.39 is 311 Å². The lowest BCUT2D eigenvalue weighted by atomic mass is 9.33. The minimum Gasteiger partial charge on any atom is -0.479 e. The predicted octanol–water partition coefficient (Wildman–Crippen LogP) is -7.62. The zero-order valence-electron chi connectivity index (χ0n) is 61.9. The minimum atomic E-state index is -2.25. The van der Waals surface area contributed by atoms with Crippen molar-refractivity contribution in [3.05, 3.63) is 11.6 Å². The summed E-state index contributed by atoms with van der Waals surface area (Å²) in [5.41, 5.74) is -5.33. The van der Waals surface area contributed by atoms with Gasteiger partial charge in [-0.2, -0.15) is 0 Å². The van der Waals surface area contributed by atoms with E-state index in [1.54, 1.807) is 6.92 Å². The number of amides is 1. The zero-order chi connectivity index (χ0) is 80.3. The number of esters is 1. The van der Waals surface area contributed by atoms with Gasteiger partial charge < -0.3 is 179 Å². The maximum Gasteiger partial charge on any atom is 0.335 e. The van der Waals surface area contributed by atoms with E-state index in [4.69, 9.17) is 66.3 Å². The molecule has 11 fully saturated rings. The second-order valence-corrected chi connectivity index (χ2v) is 33.9. The van der Waals surface area contributed by atoms with E-state index in [0.29, 0.717) is 38.5 Å². The number of ether oxygens (including phenoxy) is 14. The van der Waals surface area contributed by atoms with Crippen molar-refractivity contribution in [2.24, 2.45) is 50.2 Å². The highest BCUT2D eigenvalue weighted by atomic mass is 16.8. The quantitative estimate of drug-likeness (QED) is 0.0220. The first-order chi connectivity index (χ1) is 51.7. The summed E-state index contributed by atoms with van der Waals surface area (Å²) in [6.45, 7) is 8.74. The van der Waals surface area contributed by atoms with E-state index in [-0.39, 0.29) is 32.6 Å². The molecule has 0 aromatic carbocycles. The van der Waals surface area contributed by atoms with E-state index in [1.165, 1.54) is 6.92 Å². The molecule has 0 aromatic heterocycles. The van der Waals surface area contributed by atoms with Crippen molar-refractivity contribution in [1.29, 1.82) is 0 Å². The summed E-state index contributed by atoms with van der Waals surface area (Å²) < 4.78 is 83.3. The van der Waals surface area contributed by atoms with E-state index in [9.17, 15) is 117 Å². The van der Waals surface area contributed by atoms with Gasteiger partial charge in [0.05, 0.1) is 62.8 Å². The van der Waals surface area contributed by atoms with Crippen LogP contribution in [0.25, 0.3) is 0 Å². The van der Waals surface area contributed by atoms with Crippen molar-refractivity contribution < 1.29 is 188 Å². The van der Waals surface area contributed by atoms with Crippen LogP contribution in [0, 0.1) is 50.2 Å². The molecule has 636 valence electrons. The van der Waals surface area contributed by atoms with Crippen LogP contribution in [-0.2, 0) is 85.5 Å². The summed E-state index contributed by atoms with van der Waals surface area (Å²) in [6.07, 6.45) is -54.7. The Morgan fingerprint density at radius 2 is 1.07 bits per heavy atom. The number of hydrogen-bond acceptors (Lipinski definition) is 37. The summed E-state index contributed by atoms with van der Waals surface area (Å²) in [5.74, 6) is -5.42. The number of nitrogens with one attached hydrogen (secondary N) is 1. The van der Waals surface area contributed by atoms with Crippen molar-refractivity contribution in [3.63, 3.8) is 0 Å². The van der Waals surface area contributed by atoms with Crippen molar-refractivity contribution in [3.8, 4) is 0 Å². The number of aliphatic hydroxyl groups excluding tert-OH is 19. The third-order valence-electron chi connectivity index (χ3n) is 27.0. The molecule has 7 aliphatic heterocycles. The number of carbonyl (C=O) groups excluding carboxylic acids is 3. The third-order valence-corrected chi connectivity index (χ3v) is 27.0. The Kier molecular flexibility index (Phi) is 26.9. The molecule has 39 heteroatoms. The fraction of sp³-hybridized carbons (Fsp3) is 0.917. The fourth-order valence-corrected chi connectivity index (χ4v) is 20.4. The molecule has 12 aliphatic rings. The SMILES string of the molecule is C.CC1O[C@@H](OC2C(O)[C@@H](NC(=O)CO[C@@H]3O[C@@H](CO)C(O)C3O)[C@@H](CO)O[C@H]2OC(=O)[C@]23CCC(C)(C)CC2C2=CCC4C5(C)CC[C@H](O[C@@H]6OC(C(=O)O)[C@@H](O)[C@H](O[C@@H]7OC[C@@H](O)[C@H](O)C7O)C6O[C@@H]6OC(CO)[C@H](O)[C@H](O)C6O)[C@](C)(C=O)[C@@H]5CC[C@]4(C)[C@]2(C)CC3O)C(O)C(O)[C@H]1O[C@@H]1OC[C@@H](O)C(O)C1O. The molecular formula is C72H115NO38. The molecule has 5 aliphatic carbocycles. The lowest BCUT2D eigenvalue weighted by molar-refractivity contribution is -0.391. The molecular weight excluding hydrogens is 1490 g/mol. The highest BCUT2D eigenvalue weighted by Crippen LogP contribution is 2.76. The molecule has 39 nitrogen and oxygen atoms in total. The van der Waals surface area contributed by atoms with Gasteiger partial charge in [0.1, 0.15) is 146 Å². The summed E-state index contributed by atoms with van der Waals surface area (Å²) in [5, 5.41) is 222. The highest BCUT2D eigenvalue weighted by Gasteiger charge is 2.73. The second kappa shape index (κ2) is 33.7. The van der Waals surface area contributed by atoms with Gasteiger partial charge >= 0.3 is 11.9 Å². The van der Waals surface area contributed by atoms with Crippen LogP contribution < -0.4 is 5.32 Å². The van der Waals surface area contributed by atoms with Crippen molar-refractivity contribution >= 4 is 24.1 Å². The third kappa shape index (κ3) is 15.6. The van der Waals surface area contributed by atoms with Crippen LogP contribution >= 0.6 is 0 Å². The molecule has 7 saturated heterocycles. The Labute approximate surface area is 639 Å². The van der Waals surface area contributed by atoms with Gasteiger partial charge in [0.25, 0.3) is 0 Å². The Hall–Kier alpha value is -3.46. The number of rotatable bonds is 21. The van der Waals surface area contributed by atoms with Gasteiger partial charge in [0.2, 0.25) is 12.2 Å². The molecule has 0 aromatic rings. The van der Waals surface area contributed by atoms with Crippen molar-refractivity contribution in [2.75, 3.05) is 39.6 Å². The van der Waals surface area contributed by atoms with Gasteiger partial charge in [0, 0.05) is 0 Å². The summed E-state index contributed by atoms with van der Waals surface area (Å²) >= 11 is 0. The molecule has 0 bridgehead atoms. The van der Waals surface area contributed by atoms with Gasteiger partial charge in [-0.15, -0.1) is 0 Å². The lowest BCUT2D eigenvalue weighted by Gasteiger charge is -2.71. The topological polar surface area (TPSA) is 614 Å². The van der Waals surface area contributed by atoms with E-state index in [2.05, 4.69) is 32.2 Å². The maximum atomic E-state index is 16.0. The number of carbonyl (C=O) groups is 4. The van der Waals surface area contributed by atoms with E-state index in [1.807, 2.05) is 13.8 Å². The molecule has 4 saturated carbocycles. The van der Waals surface area contributed by atoms with Gasteiger partial charge in [-0.05, 0) is 104 Å². The molecule has 0 spiro atoms. The summed E-state index contributed by atoms with van der Waals surface area (Å²) in [6, 6.07) is -1.70. The van der Waals surface area contributed by atoms with Crippen LogP contribution in [0.4, 0.5) is 0 Å². The molecule has 21 N–H and O–H groups in total. The normalized spacial score (nSPS) is 52.5. The Morgan fingerprint density at radius 3 is 1.68 bits per heavy atom. The Balaban J connectivity index is 0.0000122. The molecule has 42 atom stereocenters. The second-order valence-electron chi connectivity index (χ2n) is 33.9. The number of hydrogen-bond donors (Lipinski definition) is 21. The molecule has 1 amide bonds. The summed E-state index contributed by atoms with van der Waals surface area (Å²) in [7, 11) is 0. The van der Waals surface area contributed by atoms with Gasteiger partial charge in [-0.25, -0.2) is 4.79 Å². The van der Waals surface area contributed by atoms with E-state index in [0.717, 1.165) is 11.9 Å². The average molecular weight is 1600 g/mol. The molecule has 0 radical (unpaired) electrons. The maximum absolute atomic E-state index is 16.0. The van der Waals surface area contributed by atoms with Gasteiger partial charge in [0.15, 0.2) is 49.9 Å². The van der Waals surface area contributed by atoms with Crippen molar-refractivity contribution in [1.82, 2.24) is 5.32 Å². The number of carboxylic acids is 1. The number of carboxylic acid groups (broad SMARTS) is 1. The molecule has 7 heterocycles. The standard InChI is InChI=1S/C71H111NO38.CH4/c1-25-52(105-59-46(88)39(81)28(77)21-97-59)45(87)50(92)61(100-25)108-55-43(85)38(72-37(80)23-99-58-48(90)42(84)32(20-75)102-58)30(18-73)101-63(55)110-65(96)71-15-14-66(2,3)16-27(71)26-8-9-34-67(4)12-11-36(68(5,24-76)33(67)10-13-69(34,6)70(26,7)17-35(71)79)104-64-56(109-62-49(91)44(86)41(83)31(19-74)103-62)53(51(93)54(107-64)57(94)95)106-60-47(89)40(82)29(78)22-98-60;/h8,24-25,27-36,38-56,58-64,73-75,77-79,81-93H,9-23H2,1-7H3,(H,72,80)(H,94,95);1H4/t25?,27?,28-,29-,30-,31?,32+,33-,34?,35?,36+,38+,39?,40+,41+,42?,43?,44+,45?,46?,47?,48?,49?,50?,51+,52+,53+,54?,55?,56?,58-,59+,60+,61+,62+,63+,64-,67?,68-,69+,70-,71-;/m1./s1. The van der Waals surface area contributed by atoms with Crippen LogP contribution in [-0.4, -0.2) is 375 Å². The predicted molar refractivity (Wildman–Crippen MR) is 363 cm³/mol. The zero-order valence-corrected chi connectivity index (χ0v) is 61.9. The number of allylic oxidation sites excluding steroid dienone is 2. The largest absolute Gasteiger partial charge is 0.479 e. The first kappa shape index (κ1) is 88.4. The lowest BCUT2D eigenvalue weighted by Crippen LogP contribution is -2.70. The van der Waals surface area contributed by atoms with Crippen molar-refractivity contribution in [2.45, 2.75) is 322 Å². The van der Waals surface area contributed by atoms with Crippen LogP contribution in [0.3, 0.4) is 0 Å².